The summed E-state index contributed by atoms with van der Waals surface area (Å²) >= 11 is 0. The average molecular weight is 792 g/mol. The summed E-state index contributed by atoms with van der Waals surface area (Å²) in [5.41, 5.74) is 16.6. The smallest absolute Gasteiger partial charge is 0.143 e. The number of hydrogen-bond donors (Lipinski definition) is 0. The van der Waals surface area contributed by atoms with Gasteiger partial charge < -0.3 is 14.1 Å². The molecule has 0 bridgehead atoms. The average Bonchev–Trinajstić information content (AvgIpc) is 3.87. The highest BCUT2D eigenvalue weighted by molar-refractivity contribution is 6.18. The Bertz CT molecular complexity index is 3520. The molecule has 1 spiro atoms. The lowest BCUT2D eigenvalue weighted by Gasteiger charge is -2.39. The molecular weight excluding hydrogens is 755 g/mol. The minimum atomic E-state index is -0.487. The number of anilines is 3. The van der Waals surface area contributed by atoms with E-state index < -0.39 is 5.41 Å². The minimum Gasteiger partial charge on any atom is -0.457 e. The van der Waals surface area contributed by atoms with E-state index in [1.807, 2.05) is 6.07 Å². The third-order valence-corrected chi connectivity index (χ3v) is 13.2. The van der Waals surface area contributed by atoms with Crippen LogP contribution in [0.3, 0.4) is 0 Å². The zero-order valence-electron chi connectivity index (χ0n) is 33.6. The Morgan fingerprint density at radius 2 is 0.919 bits per heavy atom. The predicted octanol–water partition coefficient (Wildman–Crippen LogP) is 16.0. The van der Waals surface area contributed by atoms with Gasteiger partial charge in [0.15, 0.2) is 0 Å². The summed E-state index contributed by atoms with van der Waals surface area (Å²) in [7, 11) is 0. The first kappa shape index (κ1) is 34.7. The number of hydrogen-bond acceptors (Lipinski definition) is 3. The van der Waals surface area contributed by atoms with E-state index in [2.05, 4.69) is 223 Å². The summed E-state index contributed by atoms with van der Waals surface area (Å²) in [5, 5.41) is 4.46. The van der Waals surface area contributed by atoms with Gasteiger partial charge >= 0.3 is 0 Å². The zero-order valence-corrected chi connectivity index (χ0v) is 33.6. The first-order valence-electron chi connectivity index (χ1n) is 21.2. The fraction of sp³-hybridized carbons (Fsp3) is 0.0169. The van der Waals surface area contributed by atoms with Crippen LogP contribution in [0.4, 0.5) is 17.1 Å². The molecule has 0 amide bonds. The van der Waals surface area contributed by atoms with Gasteiger partial charge in [-0.3, -0.25) is 0 Å². The second-order valence-corrected chi connectivity index (χ2v) is 16.3. The molecule has 1 aromatic heterocycles. The van der Waals surface area contributed by atoms with Crippen molar-refractivity contribution < 1.29 is 9.15 Å². The van der Waals surface area contributed by atoms with Crippen molar-refractivity contribution in [3.05, 3.63) is 247 Å². The largest absolute Gasteiger partial charge is 0.457 e. The molecule has 0 atom stereocenters. The topological polar surface area (TPSA) is 25.6 Å². The number of benzene rings is 10. The molecule has 0 saturated heterocycles. The van der Waals surface area contributed by atoms with Gasteiger partial charge in [-0.1, -0.05) is 170 Å². The number of nitrogens with zero attached hydrogens (tertiary/aromatic N) is 1. The fourth-order valence-electron chi connectivity index (χ4n) is 10.5. The third-order valence-electron chi connectivity index (χ3n) is 13.2. The van der Waals surface area contributed by atoms with Crippen molar-refractivity contribution in [3.63, 3.8) is 0 Å². The molecular formula is C59H37NO2. The summed E-state index contributed by atoms with van der Waals surface area (Å²) in [6.45, 7) is 0. The highest BCUT2D eigenvalue weighted by Gasteiger charge is 2.50. The van der Waals surface area contributed by atoms with Gasteiger partial charge in [-0.2, -0.15) is 0 Å². The van der Waals surface area contributed by atoms with E-state index in [0.29, 0.717) is 0 Å². The number of ether oxygens (including phenoxy) is 1. The van der Waals surface area contributed by atoms with Crippen LogP contribution < -0.4 is 9.64 Å². The highest BCUT2D eigenvalue weighted by atomic mass is 16.5. The lowest BCUT2D eigenvalue weighted by Crippen LogP contribution is -2.32. The van der Waals surface area contributed by atoms with Crippen LogP contribution in [0, 0.1) is 0 Å². The molecule has 13 rings (SSSR count). The van der Waals surface area contributed by atoms with Gasteiger partial charge in [0.05, 0.1) is 16.8 Å². The predicted molar refractivity (Wildman–Crippen MR) is 254 cm³/mol. The highest BCUT2D eigenvalue weighted by Crippen LogP contribution is 2.62. The van der Waals surface area contributed by atoms with Crippen LogP contribution in [0.25, 0.3) is 66.1 Å². The Balaban J connectivity index is 0.975. The molecule has 0 unspecified atom stereocenters. The zero-order chi connectivity index (χ0) is 40.8. The van der Waals surface area contributed by atoms with Crippen LogP contribution in [0.15, 0.2) is 229 Å². The maximum absolute atomic E-state index is 6.57. The molecule has 0 N–H and O–H groups in total. The Hall–Kier alpha value is -8.14. The van der Waals surface area contributed by atoms with Gasteiger partial charge in [-0.05, 0) is 93.5 Å². The van der Waals surface area contributed by atoms with Gasteiger partial charge in [0.25, 0.3) is 0 Å². The lowest BCUT2D eigenvalue weighted by atomic mass is 9.66. The van der Waals surface area contributed by atoms with Crippen molar-refractivity contribution in [1.29, 1.82) is 0 Å². The van der Waals surface area contributed by atoms with Gasteiger partial charge in [0, 0.05) is 43.9 Å². The molecule has 11 aromatic rings. The van der Waals surface area contributed by atoms with Crippen molar-refractivity contribution in [2.75, 3.05) is 4.90 Å². The van der Waals surface area contributed by atoms with Crippen molar-refractivity contribution in [2.24, 2.45) is 0 Å². The maximum Gasteiger partial charge on any atom is 0.143 e. The number of rotatable bonds is 5. The van der Waals surface area contributed by atoms with E-state index in [0.717, 1.165) is 78.0 Å². The Kier molecular flexibility index (Phi) is 7.52. The molecule has 62 heavy (non-hydrogen) atoms. The monoisotopic (exact) mass is 791 g/mol. The fourth-order valence-corrected chi connectivity index (χ4v) is 10.5. The van der Waals surface area contributed by atoms with E-state index in [4.69, 9.17) is 9.15 Å². The molecule has 10 aromatic carbocycles. The van der Waals surface area contributed by atoms with Gasteiger partial charge in [0.2, 0.25) is 0 Å². The molecule has 2 heterocycles. The summed E-state index contributed by atoms with van der Waals surface area (Å²) in [4.78, 5) is 2.41. The van der Waals surface area contributed by atoms with E-state index in [-0.39, 0.29) is 0 Å². The normalized spacial score (nSPS) is 13.1. The van der Waals surface area contributed by atoms with Gasteiger partial charge in [0.1, 0.15) is 22.7 Å². The van der Waals surface area contributed by atoms with Crippen molar-refractivity contribution in [1.82, 2.24) is 0 Å². The summed E-state index contributed by atoms with van der Waals surface area (Å²) in [5.74, 6) is 1.81. The van der Waals surface area contributed by atoms with Crippen LogP contribution in [0.5, 0.6) is 11.5 Å². The molecule has 3 nitrogen and oxygen atoms in total. The van der Waals surface area contributed by atoms with Crippen molar-refractivity contribution in [2.45, 2.75) is 5.41 Å². The first-order chi connectivity index (χ1) is 30.8. The molecule has 0 saturated carbocycles. The Morgan fingerprint density at radius 3 is 1.73 bits per heavy atom. The third kappa shape index (κ3) is 4.94. The second-order valence-electron chi connectivity index (χ2n) is 16.3. The van der Waals surface area contributed by atoms with Gasteiger partial charge in [-0.25, -0.2) is 0 Å². The number of para-hydroxylation sites is 4. The van der Waals surface area contributed by atoms with E-state index >= 15 is 0 Å². The van der Waals surface area contributed by atoms with E-state index in [9.17, 15) is 0 Å². The molecule has 0 fully saturated rings. The van der Waals surface area contributed by atoms with Crippen LogP contribution in [0.1, 0.15) is 22.3 Å². The summed E-state index contributed by atoms with van der Waals surface area (Å²) in [6.07, 6.45) is 0. The Labute approximate surface area is 359 Å². The number of furan rings is 1. The molecule has 2 aliphatic rings. The number of fused-ring (bicyclic) bond motifs is 14. The van der Waals surface area contributed by atoms with E-state index in [1.165, 1.54) is 38.9 Å². The maximum atomic E-state index is 6.57. The Morgan fingerprint density at radius 1 is 0.339 bits per heavy atom. The summed E-state index contributed by atoms with van der Waals surface area (Å²) < 4.78 is 13.1. The molecule has 1 aliphatic heterocycles. The van der Waals surface area contributed by atoms with Crippen LogP contribution in [-0.4, -0.2) is 0 Å². The minimum absolute atomic E-state index is 0.487. The first-order valence-corrected chi connectivity index (χ1v) is 21.2. The lowest BCUT2D eigenvalue weighted by molar-refractivity contribution is 0.436. The van der Waals surface area contributed by atoms with Crippen molar-refractivity contribution in [3.8, 4) is 44.9 Å². The molecule has 1 aliphatic carbocycles. The standard InChI is InChI=1S/C59H37NO2/c1-2-15-39(16-3-1)42-17-5-10-24-53(42)60(54-25-14-20-46-44(54)34-35-47-45-19-6-11-26-55(45)62-58(46)47)41-32-29-38(30-33-41)40-31-36-50-48(37-40)43-18-4-7-21-49(43)59(50)51-22-8-12-27-56(51)61-57-28-13-9-23-52(57)59/h1-37H. The van der Waals surface area contributed by atoms with Crippen LogP contribution in [0.2, 0.25) is 0 Å². The molecule has 0 radical (unpaired) electrons. The van der Waals surface area contributed by atoms with Crippen LogP contribution in [-0.2, 0) is 5.41 Å². The van der Waals surface area contributed by atoms with Crippen molar-refractivity contribution >= 4 is 49.8 Å². The van der Waals surface area contributed by atoms with Crippen LogP contribution >= 0.6 is 0 Å². The molecule has 3 heteroatoms. The molecule has 290 valence electrons. The van der Waals surface area contributed by atoms with E-state index in [1.54, 1.807) is 0 Å². The summed E-state index contributed by atoms with van der Waals surface area (Å²) in [6, 6.07) is 80.8. The second kappa shape index (κ2) is 13.4. The van der Waals surface area contributed by atoms with Gasteiger partial charge in [-0.15, -0.1) is 0 Å². The SMILES string of the molecule is c1ccc(-c2ccccc2N(c2ccc(-c3ccc4c(c3)-c3ccccc3C43c4ccccc4Oc4ccccc43)cc2)c2cccc3c2ccc2c4ccccc4oc32)cc1. The quantitative estimate of drug-likeness (QED) is 0.174.